The highest BCUT2D eigenvalue weighted by atomic mass is 35.5. The van der Waals surface area contributed by atoms with Crippen LogP contribution in [-0.2, 0) is 6.42 Å². The second-order valence-electron chi connectivity index (χ2n) is 3.13. The van der Waals surface area contributed by atoms with Gasteiger partial charge in [0.1, 0.15) is 11.6 Å². The van der Waals surface area contributed by atoms with Crippen LogP contribution >= 0.6 is 23.2 Å². The van der Waals surface area contributed by atoms with E-state index in [9.17, 15) is 0 Å². The Morgan fingerprint density at radius 1 is 0.938 bits per heavy atom. The number of hydrogen-bond acceptors (Lipinski definition) is 4. The Bertz CT molecular complexity index is 482. The Balaban J connectivity index is 2.23. The molecule has 1 heterocycles. The van der Waals surface area contributed by atoms with E-state index in [0.717, 1.165) is 5.56 Å². The van der Waals surface area contributed by atoms with Crippen LogP contribution in [0.3, 0.4) is 0 Å². The number of phenols is 1. The molecule has 0 unspecified atom stereocenters. The molecule has 0 amide bonds. The standard InChI is InChI=1S/C10H7Cl2N3O/c11-9-13-8(14-10(12)15-9)5-6-1-3-7(16)4-2-6/h1-4,16H,5H2. The lowest BCUT2D eigenvalue weighted by molar-refractivity contribution is 0.475. The van der Waals surface area contributed by atoms with Crippen LogP contribution < -0.4 is 0 Å². The van der Waals surface area contributed by atoms with Gasteiger partial charge in [-0.2, -0.15) is 4.98 Å². The highest BCUT2D eigenvalue weighted by Crippen LogP contribution is 2.13. The topological polar surface area (TPSA) is 58.9 Å². The number of halogens is 2. The SMILES string of the molecule is Oc1ccc(Cc2nc(Cl)nc(Cl)n2)cc1. The fraction of sp³-hybridized carbons (Fsp3) is 0.100. The quantitative estimate of drug-likeness (QED) is 0.896. The number of rotatable bonds is 2. The van der Waals surface area contributed by atoms with Crippen molar-refractivity contribution < 1.29 is 5.11 Å². The van der Waals surface area contributed by atoms with Crippen molar-refractivity contribution in [2.45, 2.75) is 6.42 Å². The number of hydrogen-bond donors (Lipinski definition) is 1. The van der Waals surface area contributed by atoms with Crippen molar-refractivity contribution in [1.82, 2.24) is 15.0 Å². The fourth-order valence-corrected chi connectivity index (χ4v) is 1.64. The summed E-state index contributed by atoms with van der Waals surface area (Å²) >= 11 is 11.3. The van der Waals surface area contributed by atoms with Gasteiger partial charge in [0.25, 0.3) is 0 Å². The van der Waals surface area contributed by atoms with Gasteiger partial charge >= 0.3 is 0 Å². The van der Waals surface area contributed by atoms with Gasteiger partial charge in [-0.15, -0.1) is 0 Å². The summed E-state index contributed by atoms with van der Waals surface area (Å²) < 4.78 is 0. The van der Waals surface area contributed by atoms with Gasteiger partial charge in [0.05, 0.1) is 0 Å². The normalized spacial score (nSPS) is 10.4. The van der Waals surface area contributed by atoms with E-state index >= 15 is 0 Å². The summed E-state index contributed by atoms with van der Waals surface area (Å²) in [6, 6.07) is 6.75. The van der Waals surface area contributed by atoms with E-state index in [0.29, 0.717) is 12.2 Å². The zero-order valence-electron chi connectivity index (χ0n) is 8.06. The molecule has 0 atom stereocenters. The summed E-state index contributed by atoms with van der Waals surface area (Å²) in [6.07, 6.45) is 0.488. The lowest BCUT2D eigenvalue weighted by atomic mass is 10.1. The molecule has 0 fully saturated rings. The second kappa shape index (κ2) is 4.63. The van der Waals surface area contributed by atoms with E-state index < -0.39 is 0 Å². The molecule has 1 N–H and O–H groups in total. The molecule has 82 valence electrons. The molecule has 16 heavy (non-hydrogen) atoms. The van der Waals surface area contributed by atoms with Crippen LogP contribution in [0.25, 0.3) is 0 Å². The summed E-state index contributed by atoms with van der Waals surface area (Å²) in [5, 5.41) is 9.28. The molecule has 2 aromatic rings. The first kappa shape index (κ1) is 11.1. The number of benzene rings is 1. The summed E-state index contributed by atoms with van der Waals surface area (Å²) in [7, 11) is 0. The molecule has 0 saturated carbocycles. The predicted octanol–water partition coefficient (Wildman–Crippen LogP) is 2.47. The lowest BCUT2D eigenvalue weighted by Crippen LogP contribution is -1.99. The molecular weight excluding hydrogens is 249 g/mol. The molecule has 1 aromatic carbocycles. The Hall–Kier alpha value is -1.39. The zero-order chi connectivity index (χ0) is 11.5. The Kier molecular flexibility index (Phi) is 3.22. The van der Waals surface area contributed by atoms with Crippen LogP contribution in [0.1, 0.15) is 11.4 Å². The van der Waals surface area contributed by atoms with Crippen LogP contribution in [0.2, 0.25) is 10.6 Å². The third-order valence-electron chi connectivity index (χ3n) is 1.93. The van der Waals surface area contributed by atoms with E-state index in [-0.39, 0.29) is 16.3 Å². The fourth-order valence-electron chi connectivity index (χ4n) is 1.24. The summed E-state index contributed by atoms with van der Waals surface area (Å²) in [6.45, 7) is 0. The maximum absolute atomic E-state index is 9.13. The lowest BCUT2D eigenvalue weighted by Gasteiger charge is -2.01. The van der Waals surface area contributed by atoms with Gasteiger partial charge < -0.3 is 5.11 Å². The molecule has 0 spiro atoms. The van der Waals surface area contributed by atoms with Crippen LogP contribution in [0, 0.1) is 0 Å². The van der Waals surface area contributed by atoms with Crippen molar-refractivity contribution in [1.29, 1.82) is 0 Å². The van der Waals surface area contributed by atoms with E-state index in [4.69, 9.17) is 28.3 Å². The second-order valence-corrected chi connectivity index (χ2v) is 3.81. The molecule has 1 aromatic heterocycles. The minimum Gasteiger partial charge on any atom is -0.508 e. The highest BCUT2D eigenvalue weighted by Gasteiger charge is 2.04. The van der Waals surface area contributed by atoms with E-state index in [1.54, 1.807) is 24.3 Å². The van der Waals surface area contributed by atoms with E-state index in [1.165, 1.54) is 0 Å². The minimum atomic E-state index is 0.0776. The molecule has 0 saturated heterocycles. The number of phenolic OH excluding ortho intramolecular Hbond substituents is 1. The van der Waals surface area contributed by atoms with E-state index in [1.807, 2.05) is 0 Å². The van der Waals surface area contributed by atoms with Gasteiger partial charge in [-0.3, -0.25) is 0 Å². The van der Waals surface area contributed by atoms with Gasteiger partial charge in [-0.25, -0.2) is 9.97 Å². The summed E-state index contributed by atoms with van der Waals surface area (Å²) in [4.78, 5) is 11.6. The number of aromatic hydroxyl groups is 1. The molecule has 0 bridgehead atoms. The van der Waals surface area contributed by atoms with Gasteiger partial charge in [-0.05, 0) is 40.9 Å². The van der Waals surface area contributed by atoms with Crippen LogP contribution in [0.15, 0.2) is 24.3 Å². The number of aromatic nitrogens is 3. The molecule has 0 radical (unpaired) electrons. The smallest absolute Gasteiger partial charge is 0.226 e. The van der Waals surface area contributed by atoms with Crippen molar-refractivity contribution in [3.63, 3.8) is 0 Å². The van der Waals surface area contributed by atoms with Crippen molar-refractivity contribution in [2.24, 2.45) is 0 Å². The van der Waals surface area contributed by atoms with Gasteiger partial charge in [-0.1, -0.05) is 12.1 Å². The molecule has 4 nitrogen and oxygen atoms in total. The van der Waals surface area contributed by atoms with Crippen molar-refractivity contribution >= 4 is 23.2 Å². The molecule has 0 aliphatic rings. The Labute approximate surface area is 102 Å². The van der Waals surface area contributed by atoms with Gasteiger partial charge in [0.2, 0.25) is 10.6 Å². The van der Waals surface area contributed by atoms with Crippen molar-refractivity contribution in [3.05, 3.63) is 46.2 Å². The van der Waals surface area contributed by atoms with E-state index in [2.05, 4.69) is 15.0 Å². The maximum atomic E-state index is 9.13. The van der Waals surface area contributed by atoms with Gasteiger partial charge in [0.15, 0.2) is 0 Å². The third kappa shape index (κ3) is 2.81. The van der Waals surface area contributed by atoms with Crippen LogP contribution in [0.5, 0.6) is 5.75 Å². The van der Waals surface area contributed by atoms with Crippen molar-refractivity contribution in [3.8, 4) is 5.75 Å². The van der Waals surface area contributed by atoms with Gasteiger partial charge in [0, 0.05) is 6.42 Å². The Morgan fingerprint density at radius 2 is 1.50 bits per heavy atom. The zero-order valence-corrected chi connectivity index (χ0v) is 9.57. The molecule has 6 heteroatoms. The first-order valence-corrected chi connectivity index (χ1v) is 5.23. The molecule has 0 aliphatic heterocycles. The summed E-state index contributed by atoms with van der Waals surface area (Å²) in [5.41, 5.74) is 0.955. The predicted molar refractivity (Wildman–Crippen MR) is 60.8 cm³/mol. The molecular formula is C10H7Cl2N3O. The Morgan fingerprint density at radius 3 is 2.06 bits per heavy atom. The average Bonchev–Trinajstić information content (AvgIpc) is 2.20. The maximum Gasteiger partial charge on any atom is 0.226 e. The molecule has 0 aliphatic carbocycles. The summed E-state index contributed by atoms with van der Waals surface area (Å²) in [5.74, 6) is 0.714. The van der Waals surface area contributed by atoms with Crippen molar-refractivity contribution in [2.75, 3.05) is 0 Å². The first-order valence-electron chi connectivity index (χ1n) is 4.47. The third-order valence-corrected chi connectivity index (χ3v) is 2.26. The van der Waals surface area contributed by atoms with Crippen LogP contribution in [-0.4, -0.2) is 20.1 Å². The highest BCUT2D eigenvalue weighted by molar-refractivity contribution is 6.30. The molecule has 2 rings (SSSR count). The average molecular weight is 256 g/mol. The minimum absolute atomic E-state index is 0.0776. The van der Waals surface area contributed by atoms with Crippen LogP contribution in [0.4, 0.5) is 0 Å². The first-order chi connectivity index (χ1) is 7.63. The monoisotopic (exact) mass is 255 g/mol. The largest absolute Gasteiger partial charge is 0.508 e. The number of nitrogens with zero attached hydrogens (tertiary/aromatic N) is 3.